The van der Waals surface area contributed by atoms with E-state index in [0.29, 0.717) is 25.6 Å². The number of rotatable bonds is 6. The Labute approximate surface area is 107 Å². The molecule has 1 aliphatic rings. The zero-order chi connectivity index (χ0) is 12.8. The van der Waals surface area contributed by atoms with E-state index >= 15 is 0 Å². The van der Waals surface area contributed by atoms with Gasteiger partial charge in [0.05, 0.1) is 11.8 Å². The lowest BCUT2D eigenvalue weighted by Gasteiger charge is -2.26. The van der Waals surface area contributed by atoms with E-state index in [-0.39, 0.29) is 12.7 Å². The van der Waals surface area contributed by atoms with Crippen molar-refractivity contribution in [3.63, 3.8) is 0 Å². The van der Waals surface area contributed by atoms with Crippen molar-refractivity contribution >= 4 is 0 Å². The smallest absolute Gasteiger partial charge is 0.0964 e. The van der Waals surface area contributed by atoms with Crippen LogP contribution >= 0.6 is 0 Å². The number of aliphatic hydroxyl groups excluding tert-OH is 2. The number of aromatic nitrogens is 3. The van der Waals surface area contributed by atoms with Gasteiger partial charge in [-0.15, -0.1) is 5.10 Å². The minimum atomic E-state index is -0.156. The number of nitrogens with zero attached hydrogens (tertiary/aromatic N) is 3. The molecule has 0 saturated heterocycles. The van der Waals surface area contributed by atoms with Gasteiger partial charge in [-0.05, 0) is 32.1 Å². The summed E-state index contributed by atoms with van der Waals surface area (Å²) in [5.74, 6) is 0. The van der Waals surface area contributed by atoms with Crippen LogP contribution in [0.4, 0.5) is 0 Å². The summed E-state index contributed by atoms with van der Waals surface area (Å²) < 4.78 is 1.75. The fraction of sp³-hybridized carbons (Fsp3) is 0.833. The van der Waals surface area contributed by atoms with Crippen LogP contribution in [0.1, 0.15) is 37.8 Å². The van der Waals surface area contributed by atoms with E-state index < -0.39 is 0 Å². The second kappa shape index (κ2) is 6.82. The fourth-order valence-electron chi connectivity index (χ4n) is 2.36. The summed E-state index contributed by atoms with van der Waals surface area (Å²) in [7, 11) is 0. The maximum atomic E-state index is 9.58. The lowest BCUT2D eigenvalue weighted by molar-refractivity contribution is 0.111. The van der Waals surface area contributed by atoms with Crippen molar-refractivity contribution in [1.82, 2.24) is 20.3 Å². The SMILES string of the molecule is OCCCn1cc(CNC2CCCC(O)C2)nn1. The number of hydrogen-bond acceptors (Lipinski definition) is 5. The monoisotopic (exact) mass is 254 g/mol. The molecule has 0 amide bonds. The van der Waals surface area contributed by atoms with Crippen LogP contribution in [-0.4, -0.2) is 44.0 Å². The third-order valence-corrected chi connectivity index (χ3v) is 3.35. The summed E-state index contributed by atoms with van der Waals surface area (Å²) in [6.45, 7) is 1.57. The molecule has 0 spiro atoms. The summed E-state index contributed by atoms with van der Waals surface area (Å²) in [5, 5.41) is 29.8. The van der Waals surface area contributed by atoms with Crippen LogP contribution in [0.2, 0.25) is 0 Å². The minimum absolute atomic E-state index is 0.156. The van der Waals surface area contributed by atoms with E-state index in [1.165, 1.54) is 0 Å². The van der Waals surface area contributed by atoms with Gasteiger partial charge < -0.3 is 15.5 Å². The summed E-state index contributed by atoms with van der Waals surface area (Å²) in [6, 6.07) is 0.386. The summed E-state index contributed by atoms with van der Waals surface area (Å²) >= 11 is 0. The highest BCUT2D eigenvalue weighted by molar-refractivity contribution is 4.92. The summed E-state index contributed by atoms with van der Waals surface area (Å²) in [5.41, 5.74) is 0.910. The predicted octanol–water partition coefficient (Wildman–Crippen LogP) is 0.0536. The summed E-state index contributed by atoms with van der Waals surface area (Å²) in [4.78, 5) is 0. The van der Waals surface area contributed by atoms with Gasteiger partial charge in [0.2, 0.25) is 0 Å². The molecule has 1 aromatic heterocycles. The average molecular weight is 254 g/mol. The molecule has 0 aliphatic heterocycles. The zero-order valence-corrected chi connectivity index (χ0v) is 10.6. The van der Waals surface area contributed by atoms with Crippen molar-refractivity contribution in [2.24, 2.45) is 0 Å². The Morgan fingerprint density at radius 2 is 2.33 bits per heavy atom. The molecule has 1 saturated carbocycles. The van der Waals surface area contributed by atoms with E-state index in [1.54, 1.807) is 4.68 Å². The van der Waals surface area contributed by atoms with Gasteiger partial charge in [-0.2, -0.15) is 0 Å². The highest BCUT2D eigenvalue weighted by atomic mass is 16.3. The zero-order valence-electron chi connectivity index (χ0n) is 10.6. The van der Waals surface area contributed by atoms with E-state index in [9.17, 15) is 5.11 Å². The van der Waals surface area contributed by atoms with Gasteiger partial charge in [-0.25, -0.2) is 0 Å². The number of aliphatic hydroxyl groups is 2. The second-order valence-electron chi connectivity index (χ2n) is 4.95. The standard InChI is InChI=1S/C12H22N4O2/c17-6-2-5-16-9-11(14-15-16)8-13-10-3-1-4-12(18)7-10/h9-10,12-13,17-18H,1-8H2. The lowest BCUT2D eigenvalue weighted by Crippen LogP contribution is -2.35. The van der Waals surface area contributed by atoms with Crippen LogP contribution < -0.4 is 5.32 Å². The topological polar surface area (TPSA) is 83.2 Å². The van der Waals surface area contributed by atoms with E-state index in [4.69, 9.17) is 5.11 Å². The third-order valence-electron chi connectivity index (χ3n) is 3.35. The van der Waals surface area contributed by atoms with Crippen LogP contribution in [0.5, 0.6) is 0 Å². The Kier molecular flexibility index (Phi) is 5.10. The Balaban J connectivity index is 1.74. The molecule has 0 bridgehead atoms. The van der Waals surface area contributed by atoms with Crippen LogP contribution in [0, 0.1) is 0 Å². The average Bonchev–Trinajstić information content (AvgIpc) is 2.82. The van der Waals surface area contributed by atoms with Crippen molar-refractivity contribution in [2.45, 2.75) is 57.3 Å². The first-order valence-electron chi connectivity index (χ1n) is 6.69. The quantitative estimate of drug-likeness (QED) is 0.668. The number of hydrogen-bond donors (Lipinski definition) is 3. The Morgan fingerprint density at radius 3 is 3.11 bits per heavy atom. The normalized spacial score (nSPS) is 24.3. The van der Waals surface area contributed by atoms with Crippen LogP contribution in [0.15, 0.2) is 6.20 Å². The Morgan fingerprint density at radius 1 is 1.44 bits per heavy atom. The molecule has 1 aliphatic carbocycles. The Bertz CT molecular complexity index is 356. The molecule has 2 rings (SSSR count). The fourth-order valence-corrected chi connectivity index (χ4v) is 2.36. The largest absolute Gasteiger partial charge is 0.396 e. The number of nitrogens with one attached hydrogen (secondary N) is 1. The van der Waals surface area contributed by atoms with Crippen LogP contribution in [0.25, 0.3) is 0 Å². The molecule has 102 valence electrons. The molecular formula is C12H22N4O2. The van der Waals surface area contributed by atoms with Gasteiger partial charge in [0.15, 0.2) is 0 Å². The summed E-state index contributed by atoms with van der Waals surface area (Å²) in [6.07, 6.45) is 6.41. The van der Waals surface area contributed by atoms with Crippen molar-refractivity contribution in [1.29, 1.82) is 0 Å². The first kappa shape index (κ1) is 13.5. The van der Waals surface area contributed by atoms with Crippen molar-refractivity contribution in [3.05, 3.63) is 11.9 Å². The number of aryl methyl sites for hydroxylation is 1. The molecule has 2 atom stereocenters. The van der Waals surface area contributed by atoms with Crippen LogP contribution in [-0.2, 0) is 13.1 Å². The second-order valence-corrected chi connectivity index (χ2v) is 4.95. The van der Waals surface area contributed by atoms with Crippen LogP contribution in [0.3, 0.4) is 0 Å². The van der Waals surface area contributed by atoms with E-state index in [0.717, 1.165) is 31.4 Å². The molecular weight excluding hydrogens is 232 g/mol. The molecule has 6 heteroatoms. The molecule has 2 unspecified atom stereocenters. The maximum Gasteiger partial charge on any atom is 0.0964 e. The Hall–Kier alpha value is -0.980. The van der Waals surface area contributed by atoms with Crippen molar-refractivity contribution in [2.75, 3.05) is 6.61 Å². The van der Waals surface area contributed by atoms with E-state index in [2.05, 4.69) is 15.6 Å². The first-order valence-corrected chi connectivity index (χ1v) is 6.69. The molecule has 1 heterocycles. The minimum Gasteiger partial charge on any atom is -0.396 e. The molecule has 6 nitrogen and oxygen atoms in total. The van der Waals surface area contributed by atoms with Gasteiger partial charge >= 0.3 is 0 Å². The van der Waals surface area contributed by atoms with Gasteiger partial charge in [0.25, 0.3) is 0 Å². The lowest BCUT2D eigenvalue weighted by atomic mass is 9.93. The highest BCUT2D eigenvalue weighted by Crippen LogP contribution is 2.18. The van der Waals surface area contributed by atoms with Gasteiger partial charge in [-0.1, -0.05) is 5.21 Å². The molecule has 3 N–H and O–H groups in total. The predicted molar refractivity (Wildman–Crippen MR) is 66.8 cm³/mol. The van der Waals surface area contributed by atoms with Gasteiger partial charge in [0.1, 0.15) is 0 Å². The van der Waals surface area contributed by atoms with Gasteiger partial charge in [-0.3, -0.25) is 4.68 Å². The molecule has 1 aromatic rings. The molecule has 0 radical (unpaired) electrons. The highest BCUT2D eigenvalue weighted by Gasteiger charge is 2.19. The maximum absolute atomic E-state index is 9.58. The van der Waals surface area contributed by atoms with E-state index in [1.807, 2.05) is 6.20 Å². The first-order chi connectivity index (χ1) is 8.78. The third kappa shape index (κ3) is 4.04. The molecule has 0 aromatic carbocycles. The molecule has 18 heavy (non-hydrogen) atoms. The van der Waals surface area contributed by atoms with Gasteiger partial charge in [0, 0.05) is 31.9 Å². The molecule has 1 fully saturated rings. The van der Waals surface area contributed by atoms with Crippen molar-refractivity contribution in [3.8, 4) is 0 Å². The van der Waals surface area contributed by atoms with Crippen molar-refractivity contribution < 1.29 is 10.2 Å².